The molecule has 0 atom stereocenters. The third-order valence-electron chi connectivity index (χ3n) is 4.79. The van der Waals surface area contributed by atoms with Crippen molar-refractivity contribution in [2.75, 3.05) is 33.4 Å². The fourth-order valence-electron chi connectivity index (χ4n) is 3.12. The van der Waals surface area contributed by atoms with Gasteiger partial charge in [0.25, 0.3) is 5.91 Å². The second-order valence-electron chi connectivity index (χ2n) is 6.75. The molecular formula is C21H26N3O4+. The monoisotopic (exact) mass is 384 g/mol. The van der Waals surface area contributed by atoms with E-state index in [0.717, 1.165) is 49.7 Å². The van der Waals surface area contributed by atoms with Crippen LogP contribution < -0.4 is 15.1 Å². The molecule has 0 spiro atoms. The molecule has 1 amide bonds. The van der Waals surface area contributed by atoms with Gasteiger partial charge in [-0.15, -0.1) is 0 Å². The summed E-state index contributed by atoms with van der Waals surface area (Å²) in [6.45, 7) is 6.21. The van der Waals surface area contributed by atoms with Crippen LogP contribution in [-0.4, -0.2) is 50.1 Å². The van der Waals surface area contributed by atoms with Gasteiger partial charge in [-0.3, -0.25) is 4.79 Å². The Kier molecular flexibility index (Phi) is 6.62. The zero-order valence-corrected chi connectivity index (χ0v) is 16.2. The lowest BCUT2D eigenvalue weighted by Crippen LogP contribution is -3.12. The molecule has 1 aliphatic heterocycles. The number of amides is 1. The molecule has 0 bridgehead atoms. The Morgan fingerprint density at radius 1 is 1.18 bits per heavy atom. The molecule has 1 aliphatic rings. The minimum absolute atomic E-state index is 0.115. The largest absolute Gasteiger partial charge is 0.508 e. The number of rotatable bonds is 6. The number of methoxy groups -OCH3 is 1. The van der Waals surface area contributed by atoms with E-state index in [1.165, 1.54) is 17.0 Å². The second kappa shape index (κ2) is 9.34. The molecule has 0 unspecified atom stereocenters. The van der Waals surface area contributed by atoms with Crippen LogP contribution in [0.25, 0.3) is 0 Å². The van der Waals surface area contributed by atoms with Gasteiger partial charge in [0.05, 0.1) is 26.0 Å². The van der Waals surface area contributed by atoms with Gasteiger partial charge < -0.3 is 19.5 Å². The minimum Gasteiger partial charge on any atom is -0.508 e. The van der Waals surface area contributed by atoms with Gasteiger partial charge in [-0.1, -0.05) is 0 Å². The first-order valence-corrected chi connectivity index (χ1v) is 9.29. The summed E-state index contributed by atoms with van der Waals surface area (Å²) >= 11 is 0. The molecule has 3 N–H and O–H groups in total. The molecule has 1 heterocycles. The van der Waals surface area contributed by atoms with E-state index in [9.17, 15) is 9.90 Å². The maximum atomic E-state index is 12.2. The number of hydrogen-bond donors (Lipinski definition) is 3. The van der Waals surface area contributed by atoms with Crippen molar-refractivity contribution in [1.82, 2.24) is 5.43 Å². The topological polar surface area (TPSA) is 84.6 Å². The number of benzene rings is 2. The summed E-state index contributed by atoms with van der Waals surface area (Å²) in [5.74, 6) is 0.638. The molecule has 148 valence electrons. The van der Waals surface area contributed by atoms with E-state index in [0.29, 0.717) is 11.3 Å². The van der Waals surface area contributed by atoms with Crippen molar-refractivity contribution in [3.8, 4) is 11.5 Å². The highest BCUT2D eigenvalue weighted by molar-refractivity contribution is 6.01. The molecule has 1 fully saturated rings. The van der Waals surface area contributed by atoms with Crippen LogP contribution in [0.4, 0.5) is 0 Å². The van der Waals surface area contributed by atoms with Gasteiger partial charge in [0, 0.05) is 11.1 Å². The maximum absolute atomic E-state index is 12.2. The number of hydrogen-bond acceptors (Lipinski definition) is 5. The van der Waals surface area contributed by atoms with E-state index < -0.39 is 0 Å². The number of ether oxygens (including phenoxy) is 2. The van der Waals surface area contributed by atoms with Gasteiger partial charge in [-0.25, -0.2) is 5.43 Å². The molecule has 3 rings (SSSR count). The standard InChI is InChI=1S/C21H25N3O4/c1-15(22-23-21(26)16-3-6-19(25)7-4-16)17-5-8-20(27-2)18(13-17)14-24-9-11-28-12-10-24/h3-8,13,25H,9-12,14H2,1-2H3,(H,23,26)/p+1/b22-15-. The molecule has 2 aromatic rings. The zero-order chi connectivity index (χ0) is 19.9. The van der Waals surface area contributed by atoms with Crippen LogP contribution in [0.3, 0.4) is 0 Å². The predicted molar refractivity (Wildman–Crippen MR) is 106 cm³/mol. The number of nitrogens with one attached hydrogen (secondary N) is 2. The normalized spacial score (nSPS) is 15.3. The Morgan fingerprint density at radius 2 is 1.86 bits per heavy atom. The third-order valence-corrected chi connectivity index (χ3v) is 4.79. The van der Waals surface area contributed by atoms with Crippen LogP contribution >= 0.6 is 0 Å². The second-order valence-corrected chi connectivity index (χ2v) is 6.75. The Bertz CT molecular complexity index is 843. The summed E-state index contributed by atoms with van der Waals surface area (Å²) in [5.41, 5.74) is 5.73. The van der Waals surface area contributed by atoms with Crippen molar-refractivity contribution in [3.63, 3.8) is 0 Å². The number of nitrogens with zero attached hydrogens (tertiary/aromatic N) is 1. The molecule has 0 radical (unpaired) electrons. The highest BCUT2D eigenvalue weighted by atomic mass is 16.5. The number of morpholine rings is 1. The average Bonchev–Trinajstić information content (AvgIpc) is 2.73. The van der Waals surface area contributed by atoms with Gasteiger partial charge in [0.2, 0.25) is 0 Å². The van der Waals surface area contributed by atoms with E-state index in [2.05, 4.69) is 16.6 Å². The van der Waals surface area contributed by atoms with Gasteiger partial charge in [-0.2, -0.15) is 5.10 Å². The molecule has 7 nitrogen and oxygen atoms in total. The van der Waals surface area contributed by atoms with Crippen LogP contribution in [0.1, 0.15) is 28.4 Å². The lowest BCUT2D eigenvalue weighted by atomic mass is 10.1. The number of phenols is 1. The van der Waals surface area contributed by atoms with Crippen molar-refractivity contribution < 1.29 is 24.3 Å². The van der Waals surface area contributed by atoms with E-state index in [1.54, 1.807) is 19.2 Å². The SMILES string of the molecule is COc1ccc(/C(C)=N\NC(=O)c2ccc(O)cc2)cc1C[NH+]1CCOCC1. The first-order chi connectivity index (χ1) is 13.6. The number of phenolic OH excluding ortho intramolecular Hbond substituents is 1. The smallest absolute Gasteiger partial charge is 0.271 e. The minimum atomic E-state index is -0.328. The van der Waals surface area contributed by atoms with Crippen LogP contribution in [-0.2, 0) is 11.3 Å². The van der Waals surface area contributed by atoms with Gasteiger partial charge >= 0.3 is 0 Å². The van der Waals surface area contributed by atoms with E-state index >= 15 is 0 Å². The Hall–Kier alpha value is -2.90. The van der Waals surface area contributed by atoms with Crippen LogP contribution in [0.15, 0.2) is 47.6 Å². The number of quaternary nitrogens is 1. The van der Waals surface area contributed by atoms with Crippen molar-refractivity contribution in [2.24, 2.45) is 5.10 Å². The van der Waals surface area contributed by atoms with Crippen molar-refractivity contribution in [1.29, 1.82) is 0 Å². The summed E-state index contributed by atoms with van der Waals surface area (Å²) in [6.07, 6.45) is 0. The lowest BCUT2D eigenvalue weighted by Gasteiger charge is -2.24. The summed E-state index contributed by atoms with van der Waals surface area (Å²) in [7, 11) is 1.67. The lowest BCUT2D eigenvalue weighted by molar-refractivity contribution is -0.921. The predicted octanol–water partition coefficient (Wildman–Crippen LogP) is 0.970. The number of hydrazone groups is 1. The van der Waals surface area contributed by atoms with Crippen LogP contribution in [0.2, 0.25) is 0 Å². The summed E-state index contributed by atoms with van der Waals surface area (Å²) < 4.78 is 10.9. The maximum Gasteiger partial charge on any atom is 0.271 e. The molecule has 7 heteroatoms. The fourth-order valence-corrected chi connectivity index (χ4v) is 3.12. The number of aromatic hydroxyl groups is 1. The Balaban J connectivity index is 1.72. The Labute approximate surface area is 164 Å². The molecule has 0 saturated carbocycles. The van der Waals surface area contributed by atoms with Gasteiger partial charge in [0.15, 0.2) is 0 Å². The Morgan fingerprint density at radius 3 is 2.54 bits per heavy atom. The fraction of sp³-hybridized carbons (Fsp3) is 0.333. The summed E-state index contributed by atoms with van der Waals surface area (Å²) in [4.78, 5) is 13.6. The van der Waals surface area contributed by atoms with Crippen LogP contribution in [0.5, 0.6) is 11.5 Å². The molecule has 0 aliphatic carbocycles. The van der Waals surface area contributed by atoms with Crippen molar-refractivity contribution in [2.45, 2.75) is 13.5 Å². The number of carbonyl (C=O) groups is 1. The highest BCUT2D eigenvalue weighted by Gasteiger charge is 2.17. The highest BCUT2D eigenvalue weighted by Crippen LogP contribution is 2.20. The van der Waals surface area contributed by atoms with Crippen LogP contribution in [0, 0.1) is 0 Å². The summed E-state index contributed by atoms with van der Waals surface area (Å²) in [6, 6.07) is 12.0. The quantitative estimate of drug-likeness (QED) is 0.512. The van der Waals surface area contributed by atoms with E-state index in [-0.39, 0.29) is 11.7 Å². The average molecular weight is 384 g/mol. The first kappa shape index (κ1) is 19.9. The third kappa shape index (κ3) is 5.09. The van der Waals surface area contributed by atoms with Crippen molar-refractivity contribution >= 4 is 11.6 Å². The molecule has 0 aromatic heterocycles. The first-order valence-electron chi connectivity index (χ1n) is 9.29. The van der Waals surface area contributed by atoms with E-state index in [4.69, 9.17) is 9.47 Å². The zero-order valence-electron chi connectivity index (χ0n) is 16.2. The molecule has 1 saturated heterocycles. The van der Waals surface area contributed by atoms with Crippen molar-refractivity contribution in [3.05, 3.63) is 59.2 Å². The number of carbonyl (C=O) groups excluding carboxylic acids is 1. The van der Waals surface area contributed by atoms with E-state index in [1.807, 2.05) is 19.1 Å². The van der Waals surface area contributed by atoms with Gasteiger partial charge in [0.1, 0.15) is 31.1 Å². The van der Waals surface area contributed by atoms with Gasteiger partial charge in [-0.05, 0) is 55.0 Å². The molecular weight excluding hydrogens is 358 g/mol. The molecule has 2 aromatic carbocycles. The summed E-state index contributed by atoms with van der Waals surface area (Å²) in [5, 5.41) is 13.5. The molecule has 28 heavy (non-hydrogen) atoms.